The van der Waals surface area contributed by atoms with Gasteiger partial charge in [0.05, 0.1) is 28.9 Å². The first-order valence-electron chi connectivity index (χ1n) is 12.5. The molecule has 5 aromatic rings. The Hall–Kier alpha value is -4.04. The molecule has 0 aliphatic carbocycles. The Morgan fingerprint density at radius 3 is 2.25 bits per heavy atom. The quantitative estimate of drug-likeness (QED) is 0.191. The normalized spacial score (nSPS) is 16.6. The van der Waals surface area contributed by atoms with E-state index in [0.717, 1.165) is 28.5 Å². The zero-order valence-corrected chi connectivity index (χ0v) is 23.6. The van der Waals surface area contributed by atoms with Crippen molar-refractivity contribution in [1.82, 2.24) is 10.3 Å². The summed E-state index contributed by atoms with van der Waals surface area (Å²) in [4.78, 5) is 6.65. The highest BCUT2D eigenvalue weighted by molar-refractivity contribution is 7.80. The Balaban J connectivity index is 1.33. The molecule has 1 aliphatic heterocycles. The van der Waals surface area contributed by atoms with Crippen molar-refractivity contribution in [2.24, 2.45) is 0 Å². The zero-order valence-electron chi connectivity index (χ0n) is 21.3. The predicted molar refractivity (Wildman–Crippen MR) is 162 cm³/mol. The molecule has 0 amide bonds. The molecule has 1 saturated heterocycles. The number of nitrogens with one attached hydrogen (secondary N) is 1. The number of methoxy groups -OCH3 is 1. The maximum Gasteiger partial charge on any atom is 0.174 e. The number of benzene rings is 3. The minimum atomic E-state index is -0.299. The summed E-state index contributed by atoms with van der Waals surface area (Å²) < 4.78 is 17.7. The molecule has 0 saturated carbocycles. The van der Waals surface area contributed by atoms with E-state index in [1.54, 1.807) is 25.4 Å². The number of thiocarbonyl (C=S) groups is 1. The predicted octanol–water partition coefficient (Wildman–Crippen LogP) is 8.63. The lowest BCUT2D eigenvalue weighted by Gasteiger charge is -2.26. The standard InChI is InChI=1S/C31H23Cl2N3O3S/c1-37-21-10-12-23(13-11-21)38-22-8-6-20(7-9-22)36-30(29(35-31(36)40)26-4-2-3-17-34-26)28-16-15-27(39-28)19-5-14-24(32)25(33)18-19/h2-18,29-30H,1H3,(H,35,40)/t29-,30+/m0/s1. The van der Waals surface area contributed by atoms with Crippen molar-refractivity contribution in [2.75, 3.05) is 12.0 Å². The van der Waals surface area contributed by atoms with Crippen LogP contribution in [0, 0.1) is 0 Å². The molecule has 6 nitrogen and oxygen atoms in total. The van der Waals surface area contributed by atoms with Gasteiger partial charge >= 0.3 is 0 Å². The number of aromatic nitrogens is 1. The van der Waals surface area contributed by atoms with Gasteiger partial charge in [-0.25, -0.2) is 0 Å². The maximum atomic E-state index is 6.42. The lowest BCUT2D eigenvalue weighted by molar-refractivity contribution is 0.413. The van der Waals surface area contributed by atoms with Crippen molar-refractivity contribution in [1.29, 1.82) is 0 Å². The largest absolute Gasteiger partial charge is 0.497 e. The third-order valence-electron chi connectivity index (χ3n) is 6.63. The van der Waals surface area contributed by atoms with Crippen LogP contribution in [0.3, 0.4) is 0 Å². The summed E-state index contributed by atoms with van der Waals surface area (Å²) in [5, 5.41) is 4.97. The van der Waals surface area contributed by atoms with Crippen LogP contribution in [0.2, 0.25) is 10.0 Å². The van der Waals surface area contributed by atoms with Gasteiger partial charge in [0.2, 0.25) is 0 Å². The van der Waals surface area contributed by atoms with Gasteiger partial charge in [0.15, 0.2) is 5.11 Å². The molecule has 3 heterocycles. The van der Waals surface area contributed by atoms with E-state index in [9.17, 15) is 0 Å². The van der Waals surface area contributed by atoms with Crippen LogP contribution >= 0.6 is 35.4 Å². The Morgan fingerprint density at radius 2 is 1.57 bits per heavy atom. The van der Waals surface area contributed by atoms with Gasteiger partial charge in [-0.1, -0.05) is 29.3 Å². The third-order valence-corrected chi connectivity index (χ3v) is 7.68. The van der Waals surface area contributed by atoms with E-state index in [0.29, 0.717) is 32.4 Å². The zero-order chi connectivity index (χ0) is 27.6. The second-order valence-electron chi connectivity index (χ2n) is 9.10. The smallest absolute Gasteiger partial charge is 0.174 e. The number of furan rings is 1. The molecule has 6 rings (SSSR count). The molecule has 0 radical (unpaired) electrons. The molecule has 40 heavy (non-hydrogen) atoms. The van der Waals surface area contributed by atoms with Crippen LogP contribution in [-0.2, 0) is 0 Å². The Bertz CT molecular complexity index is 1640. The lowest BCUT2D eigenvalue weighted by Crippen LogP contribution is -2.29. The second kappa shape index (κ2) is 11.2. The van der Waals surface area contributed by atoms with Gasteiger partial charge in [-0.3, -0.25) is 4.98 Å². The highest BCUT2D eigenvalue weighted by Crippen LogP contribution is 2.43. The molecule has 9 heteroatoms. The van der Waals surface area contributed by atoms with E-state index in [4.69, 9.17) is 49.3 Å². The van der Waals surface area contributed by atoms with Crippen molar-refractivity contribution < 1.29 is 13.9 Å². The fourth-order valence-electron chi connectivity index (χ4n) is 4.69. The monoisotopic (exact) mass is 587 g/mol. The number of hydrogen-bond acceptors (Lipinski definition) is 5. The number of rotatable bonds is 7. The fourth-order valence-corrected chi connectivity index (χ4v) is 5.34. The SMILES string of the molecule is COc1ccc(Oc2ccc(N3C(=S)N[C@@H](c4ccccn4)[C@H]3c3ccc(-c4ccc(Cl)c(Cl)c4)o3)cc2)cc1. The van der Waals surface area contributed by atoms with Gasteiger partial charge in [0, 0.05) is 17.4 Å². The topological polar surface area (TPSA) is 59.8 Å². The maximum absolute atomic E-state index is 6.42. The molecular formula is C31H23Cl2N3O3S. The van der Waals surface area contributed by atoms with E-state index in [1.807, 2.05) is 89.8 Å². The molecule has 0 unspecified atom stereocenters. The summed E-state index contributed by atoms with van der Waals surface area (Å²) in [6, 6.07) is 29.8. The molecule has 0 spiro atoms. The molecule has 1 N–H and O–H groups in total. The van der Waals surface area contributed by atoms with Gasteiger partial charge in [-0.05, 0) is 103 Å². The fraction of sp³-hybridized carbons (Fsp3) is 0.0968. The highest BCUT2D eigenvalue weighted by atomic mass is 35.5. The summed E-state index contributed by atoms with van der Waals surface area (Å²) >= 11 is 18.2. The number of pyridine rings is 1. The molecular weight excluding hydrogens is 565 g/mol. The Morgan fingerprint density at radius 1 is 0.850 bits per heavy atom. The molecule has 0 bridgehead atoms. The number of anilines is 1. The number of ether oxygens (including phenoxy) is 2. The van der Waals surface area contributed by atoms with E-state index in [2.05, 4.69) is 10.3 Å². The lowest BCUT2D eigenvalue weighted by atomic mass is 10.0. The van der Waals surface area contributed by atoms with Crippen molar-refractivity contribution in [2.45, 2.75) is 12.1 Å². The second-order valence-corrected chi connectivity index (χ2v) is 10.3. The van der Waals surface area contributed by atoms with Gasteiger partial charge in [-0.2, -0.15) is 0 Å². The molecule has 1 fully saturated rings. The molecule has 2 atom stereocenters. The Kier molecular flexibility index (Phi) is 7.34. The summed E-state index contributed by atoms with van der Waals surface area (Å²) in [6.07, 6.45) is 1.77. The van der Waals surface area contributed by atoms with Crippen molar-refractivity contribution >= 4 is 46.2 Å². The van der Waals surface area contributed by atoms with Crippen molar-refractivity contribution in [3.8, 4) is 28.6 Å². The average Bonchev–Trinajstić information content (AvgIpc) is 3.60. The van der Waals surface area contributed by atoms with Crippen LogP contribution in [0.4, 0.5) is 5.69 Å². The van der Waals surface area contributed by atoms with Crippen LogP contribution in [0.15, 0.2) is 108 Å². The van der Waals surface area contributed by atoms with Crippen LogP contribution in [0.1, 0.15) is 23.5 Å². The molecule has 1 aliphatic rings. The van der Waals surface area contributed by atoms with Crippen LogP contribution < -0.4 is 19.7 Å². The first kappa shape index (κ1) is 26.2. The van der Waals surface area contributed by atoms with E-state index in [-0.39, 0.29) is 12.1 Å². The van der Waals surface area contributed by atoms with E-state index in [1.165, 1.54) is 0 Å². The Labute approximate surface area is 247 Å². The van der Waals surface area contributed by atoms with Crippen molar-refractivity contribution in [3.63, 3.8) is 0 Å². The summed E-state index contributed by atoms with van der Waals surface area (Å²) in [6.45, 7) is 0. The first-order chi connectivity index (χ1) is 19.5. The summed E-state index contributed by atoms with van der Waals surface area (Å²) in [7, 11) is 1.63. The third kappa shape index (κ3) is 5.23. The molecule has 3 aromatic carbocycles. The number of hydrogen-bond donors (Lipinski definition) is 1. The van der Waals surface area contributed by atoms with E-state index >= 15 is 0 Å². The molecule has 200 valence electrons. The van der Waals surface area contributed by atoms with Crippen LogP contribution in [-0.4, -0.2) is 17.2 Å². The molecule has 2 aromatic heterocycles. The van der Waals surface area contributed by atoms with Gasteiger partial charge in [-0.15, -0.1) is 0 Å². The highest BCUT2D eigenvalue weighted by Gasteiger charge is 2.42. The number of nitrogens with zero attached hydrogens (tertiary/aromatic N) is 2. The van der Waals surface area contributed by atoms with E-state index < -0.39 is 0 Å². The minimum absolute atomic E-state index is 0.239. The van der Waals surface area contributed by atoms with Gasteiger partial charge in [0.1, 0.15) is 34.8 Å². The average molecular weight is 589 g/mol. The number of halogens is 2. The summed E-state index contributed by atoms with van der Waals surface area (Å²) in [5.74, 6) is 3.58. The van der Waals surface area contributed by atoms with Crippen molar-refractivity contribution in [3.05, 3.63) is 125 Å². The minimum Gasteiger partial charge on any atom is -0.497 e. The first-order valence-corrected chi connectivity index (χ1v) is 13.6. The van der Waals surface area contributed by atoms with Crippen LogP contribution in [0.25, 0.3) is 11.3 Å². The van der Waals surface area contributed by atoms with Crippen LogP contribution in [0.5, 0.6) is 17.2 Å². The van der Waals surface area contributed by atoms with Gasteiger partial charge < -0.3 is 24.1 Å². The van der Waals surface area contributed by atoms with Gasteiger partial charge in [0.25, 0.3) is 0 Å². The summed E-state index contributed by atoms with van der Waals surface area (Å²) in [5.41, 5.74) is 2.56.